The van der Waals surface area contributed by atoms with E-state index in [1.165, 1.54) is 0 Å². The minimum Gasteiger partial charge on any atom is -0.355 e. The first-order chi connectivity index (χ1) is 4.59. The third-order valence-corrected chi connectivity index (χ3v) is 2.61. The largest absolute Gasteiger partial charge is 0.355 e. The van der Waals surface area contributed by atoms with E-state index in [4.69, 9.17) is 0 Å². The highest BCUT2D eigenvalue weighted by Gasteiger charge is 2.40. The molecule has 0 spiro atoms. The normalized spacial score (nSPS) is 30.3. The Morgan fingerprint density at radius 2 is 2.30 bits per heavy atom. The van der Waals surface area contributed by atoms with Gasteiger partial charge in [-0.3, -0.25) is 4.79 Å². The predicted octanol–water partition coefficient (Wildman–Crippen LogP) is 1.17. The zero-order valence-electron chi connectivity index (χ0n) is 6.90. The fourth-order valence-electron chi connectivity index (χ4n) is 1.54. The zero-order valence-corrected chi connectivity index (χ0v) is 6.90. The van der Waals surface area contributed by atoms with Crippen molar-refractivity contribution in [3.63, 3.8) is 0 Å². The summed E-state index contributed by atoms with van der Waals surface area (Å²) >= 11 is 0. The predicted molar refractivity (Wildman–Crippen MR) is 40.6 cm³/mol. The molecule has 2 nitrogen and oxygen atoms in total. The molecule has 0 aromatic carbocycles. The Morgan fingerprint density at radius 3 is 2.50 bits per heavy atom. The average Bonchev–Trinajstić information content (AvgIpc) is 2.10. The van der Waals surface area contributed by atoms with Gasteiger partial charge in [0.25, 0.3) is 0 Å². The summed E-state index contributed by atoms with van der Waals surface area (Å²) in [7, 11) is 0. The molecule has 0 aromatic rings. The van der Waals surface area contributed by atoms with Crippen LogP contribution in [0.2, 0.25) is 0 Å². The van der Waals surface area contributed by atoms with Crippen LogP contribution in [0.15, 0.2) is 0 Å². The smallest absolute Gasteiger partial charge is 0.226 e. The number of carbonyl (C=O) groups is 1. The van der Waals surface area contributed by atoms with E-state index in [0.29, 0.717) is 5.92 Å². The highest BCUT2D eigenvalue weighted by atomic mass is 16.2. The van der Waals surface area contributed by atoms with Gasteiger partial charge >= 0.3 is 0 Å². The molecular weight excluding hydrogens is 126 g/mol. The SMILES string of the molecule is CCC1CNC(=O)C1(C)C. The Labute approximate surface area is 62.0 Å². The van der Waals surface area contributed by atoms with Crippen molar-refractivity contribution in [2.45, 2.75) is 27.2 Å². The molecular formula is C8H15NO. The van der Waals surface area contributed by atoms with Crippen LogP contribution in [-0.2, 0) is 4.79 Å². The van der Waals surface area contributed by atoms with Crippen LogP contribution >= 0.6 is 0 Å². The fourth-order valence-corrected chi connectivity index (χ4v) is 1.54. The van der Waals surface area contributed by atoms with Crippen molar-refractivity contribution in [3.05, 3.63) is 0 Å². The van der Waals surface area contributed by atoms with Gasteiger partial charge in [0.2, 0.25) is 5.91 Å². The molecule has 0 aromatic heterocycles. The van der Waals surface area contributed by atoms with Crippen molar-refractivity contribution in [1.29, 1.82) is 0 Å². The molecule has 1 rings (SSSR count). The number of rotatable bonds is 1. The lowest BCUT2D eigenvalue weighted by atomic mass is 9.80. The van der Waals surface area contributed by atoms with E-state index in [1.54, 1.807) is 0 Å². The highest BCUT2D eigenvalue weighted by Crippen LogP contribution is 2.33. The molecule has 1 unspecified atom stereocenters. The Hall–Kier alpha value is -0.530. The van der Waals surface area contributed by atoms with Crippen molar-refractivity contribution < 1.29 is 4.79 Å². The maximum atomic E-state index is 11.2. The lowest BCUT2D eigenvalue weighted by Gasteiger charge is -2.21. The maximum Gasteiger partial charge on any atom is 0.226 e. The van der Waals surface area contributed by atoms with Gasteiger partial charge in [0, 0.05) is 12.0 Å². The first-order valence-electron chi connectivity index (χ1n) is 3.87. The Kier molecular flexibility index (Phi) is 1.71. The number of hydrogen-bond acceptors (Lipinski definition) is 1. The molecule has 1 aliphatic rings. The first-order valence-corrected chi connectivity index (χ1v) is 3.87. The summed E-state index contributed by atoms with van der Waals surface area (Å²) in [5, 5.41) is 2.87. The van der Waals surface area contributed by atoms with Gasteiger partial charge in [0.05, 0.1) is 0 Å². The van der Waals surface area contributed by atoms with Gasteiger partial charge in [-0.1, -0.05) is 27.2 Å². The molecule has 1 N–H and O–H groups in total. The van der Waals surface area contributed by atoms with Crippen LogP contribution in [0.4, 0.5) is 0 Å². The summed E-state index contributed by atoms with van der Waals surface area (Å²) in [6.07, 6.45) is 1.09. The Bertz CT molecular complexity index is 151. The van der Waals surface area contributed by atoms with Crippen molar-refractivity contribution in [3.8, 4) is 0 Å². The summed E-state index contributed by atoms with van der Waals surface area (Å²) in [6, 6.07) is 0. The molecule has 2 heteroatoms. The topological polar surface area (TPSA) is 29.1 Å². The zero-order chi connectivity index (χ0) is 7.78. The number of hydrogen-bond donors (Lipinski definition) is 1. The highest BCUT2D eigenvalue weighted by molar-refractivity contribution is 5.84. The van der Waals surface area contributed by atoms with Gasteiger partial charge in [-0.2, -0.15) is 0 Å². The number of amides is 1. The van der Waals surface area contributed by atoms with E-state index in [2.05, 4.69) is 12.2 Å². The van der Waals surface area contributed by atoms with Crippen LogP contribution < -0.4 is 5.32 Å². The van der Waals surface area contributed by atoms with Gasteiger partial charge in [-0.05, 0) is 5.92 Å². The van der Waals surface area contributed by atoms with Crippen LogP contribution in [-0.4, -0.2) is 12.5 Å². The van der Waals surface area contributed by atoms with Gasteiger partial charge in [-0.15, -0.1) is 0 Å². The molecule has 0 saturated carbocycles. The lowest BCUT2D eigenvalue weighted by molar-refractivity contribution is -0.127. The van der Waals surface area contributed by atoms with Crippen molar-refractivity contribution >= 4 is 5.91 Å². The van der Waals surface area contributed by atoms with E-state index in [1.807, 2.05) is 13.8 Å². The van der Waals surface area contributed by atoms with E-state index in [-0.39, 0.29) is 11.3 Å². The second-order valence-electron chi connectivity index (χ2n) is 3.54. The number of carbonyl (C=O) groups excluding carboxylic acids is 1. The maximum absolute atomic E-state index is 11.2. The van der Waals surface area contributed by atoms with Crippen molar-refractivity contribution in [2.24, 2.45) is 11.3 Å². The molecule has 1 fully saturated rings. The van der Waals surface area contributed by atoms with Crippen LogP contribution in [0.1, 0.15) is 27.2 Å². The lowest BCUT2D eigenvalue weighted by Crippen LogP contribution is -2.28. The minimum atomic E-state index is -0.130. The molecule has 0 bridgehead atoms. The Morgan fingerprint density at radius 1 is 1.70 bits per heavy atom. The molecule has 1 atom stereocenters. The molecule has 0 aliphatic carbocycles. The molecule has 1 aliphatic heterocycles. The van der Waals surface area contributed by atoms with E-state index >= 15 is 0 Å². The second kappa shape index (κ2) is 2.26. The summed E-state index contributed by atoms with van der Waals surface area (Å²) in [6.45, 7) is 7.03. The quantitative estimate of drug-likeness (QED) is 0.583. The summed E-state index contributed by atoms with van der Waals surface area (Å²) in [4.78, 5) is 11.2. The summed E-state index contributed by atoms with van der Waals surface area (Å²) < 4.78 is 0. The fraction of sp³-hybridized carbons (Fsp3) is 0.875. The van der Waals surface area contributed by atoms with E-state index in [0.717, 1.165) is 13.0 Å². The van der Waals surface area contributed by atoms with E-state index in [9.17, 15) is 4.79 Å². The molecule has 1 saturated heterocycles. The summed E-state index contributed by atoms with van der Waals surface area (Å²) in [5.74, 6) is 0.736. The van der Waals surface area contributed by atoms with Gasteiger partial charge in [-0.25, -0.2) is 0 Å². The van der Waals surface area contributed by atoms with Crippen LogP contribution in [0.3, 0.4) is 0 Å². The first kappa shape index (κ1) is 7.58. The third-order valence-electron chi connectivity index (χ3n) is 2.61. The number of nitrogens with one attached hydrogen (secondary N) is 1. The molecule has 1 amide bonds. The van der Waals surface area contributed by atoms with Crippen LogP contribution in [0.25, 0.3) is 0 Å². The minimum absolute atomic E-state index is 0.130. The van der Waals surface area contributed by atoms with E-state index < -0.39 is 0 Å². The van der Waals surface area contributed by atoms with Gasteiger partial charge < -0.3 is 5.32 Å². The average molecular weight is 141 g/mol. The van der Waals surface area contributed by atoms with Gasteiger partial charge in [0.15, 0.2) is 0 Å². The molecule has 1 heterocycles. The van der Waals surface area contributed by atoms with Crippen LogP contribution in [0, 0.1) is 11.3 Å². The summed E-state index contributed by atoms with van der Waals surface area (Å²) in [5.41, 5.74) is -0.130. The standard InChI is InChI=1S/C8H15NO/c1-4-6-5-9-7(10)8(6,2)3/h6H,4-5H2,1-3H3,(H,9,10). The molecule has 58 valence electrons. The van der Waals surface area contributed by atoms with Crippen LogP contribution in [0.5, 0.6) is 0 Å². The Balaban J connectivity index is 2.73. The third kappa shape index (κ3) is 0.917. The second-order valence-corrected chi connectivity index (χ2v) is 3.54. The van der Waals surface area contributed by atoms with Gasteiger partial charge in [0.1, 0.15) is 0 Å². The molecule has 10 heavy (non-hydrogen) atoms. The van der Waals surface area contributed by atoms with Crippen molar-refractivity contribution in [1.82, 2.24) is 5.32 Å². The van der Waals surface area contributed by atoms with Crippen molar-refractivity contribution in [2.75, 3.05) is 6.54 Å². The monoisotopic (exact) mass is 141 g/mol. The molecule has 0 radical (unpaired) electrons.